The average molecular weight is 259 g/mol. The Kier molecular flexibility index (Phi) is 2.62. The van der Waals surface area contributed by atoms with Crippen LogP contribution < -0.4 is 0 Å². The van der Waals surface area contributed by atoms with E-state index < -0.39 is 5.97 Å². The zero-order valence-electron chi connectivity index (χ0n) is 10.2. The van der Waals surface area contributed by atoms with Gasteiger partial charge in [0.05, 0.1) is 24.8 Å². The van der Waals surface area contributed by atoms with Crippen LogP contribution in [0.2, 0.25) is 0 Å². The van der Waals surface area contributed by atoms with Gasteiger partial charge in [-0.2, -0.15) is 0 Å². The van der Waals surface area contributed by atoms with E-state index in [-0.39, 0.29) is 36.6 Å². The van der Waals surface area contributed by atoms with E-state index >= 15 is 0 Å². The highest BCUT2D eigenvalue weighted by Gasteiger charge is 2.58. The SMILES string of the molecule is O=C(O)Cc1ccccc1CN1C(=O)C2CC2C1=O. The van der Waals surface area contributed by atoms with Gasteiger partial charge in [-0.05, 0) is 17.5 Å². The summed E-state index contributed by atoms with van der Waals surface area (Å²) in [4.78, 5) is 35.8. The Bertz CT molecular complexity index is 561. The van der Waals surface area contributed by atoms with Gasteiger partial charge in [0, 0.05) is 0 Å². The van der Waals surface area contributed by atoms with E-state index in [0.29, 0.717) is 12.0 Å². The lowest BCUT2D eigenvalue weighted by molar-refractivity contribution is -0.142. The number of hydrogen-bond acceptors (Lipinski definition) is 3. The van der Waals surface area contributed by atoms with Gasteiger partial charge in [0.2, 0.25) is 11.8 Å². The molecule has 1 N–H and O–H groups in total. The Morgan fingerprint density at radius 3 is 2.32 bits per heavy atom. The van der Waals surface area contributed by atoms with Crippen LogP contribution in [0.25, 0.3) is 0 Å². The van der Waals surface area contributed by atoms with Crippen molar-refractivity contribution in [3.8, 4) is 0 Å². The third-order valence-electron chi connectivity index (χ3n) is 3.75. The molecule has 0 radical (unpaired) electrons. The first-order valence-corrected chi connectivity index (χ1v) is 6.21. The fourth-order valence-electron chi connectivity index (χ4n) is 2.62. The number of carboxylic acid groups (broad SMARTS) is 1. The molecule has 0 aromatic heterocycles. The Hall–Kier alpha value is -2.17. The summed E-state index contributed by atoms with van der Waals surface area (Å²) in [5, 5.41) is 8.86. The summed E-state index contributed by atoms with van der Waals surface area (Å²) < 4.78 is 0. The maximum atomic E-state index is 11.9. The third-order valence-corrected chi connectivity index (χ3v) is 3.75. The van der Waals surface area contributed by atoms with Crippen molar-refractivity contribution in [1.82, 2.24) is 4.90 Å². The molecule has 1 aromatic carbocycles. The highest BCUT2D eigenvalue weighted by Crippen LogP contribution is 2.47. The molecule has 98 valence electrons. The van der Waals surface area contributed by atoms with E-state index in [1.807, 2.05) is 0 Å². The van der Waals surface area contributed by atoms with Gasteiger partial charge in [0.15, 0.2) is 0 Å². The summed E-state index contributed by atoms with van der Waals surface area (Å²) in [5.74, 6) is -1.37. The second kappa shape index (κ2) is 4.19. The number of likely N-dealkylation sites (tertiary alicyclic amines) is 1. The van der Waals surface area contributed by atoms with Crippen molar-refractivity contribution in [2.75, 3.05) is 0 Å². The number of carboxylic acids is 1. The zero-order valence-corrected chi connectivity index (χ0v) is 10.2. The normalized spacial score (nSPS) is 24.5. The fraction of sp³-hybridized carbons (Fsp3) is 0.357. The average Bonchev–Trinajstić information content (AvgIpc) is 3.11. The molecule has 0 bridgehead atoms. The first-order chi connectivity index (χ1) is 9.08. The molecule has 1 aliphatic carbocycles. The molecule has 1 saturated carbocycles. The predicted octanol–water partition coefficient (Wildman–Crippen LogP) is 0.819. The number of carbonyl (C=O) groups excluding carboxylic acids is 2. The molecule has 2 amide bonds. The van der Waals surface area contributed by atoms with Crippen molar-refractivity contribution < 1.29 is 19.5 Å². The standard InChI is InChI=1S/C14H13NO4/c16-12(17)5-8-3-1-2-4-9(8)7-15-13(18)10-6-11(10)14(15)19/h1-4,10-11H,5-7H2,(H,16,17). The zero-order chi connectivity index (χ0) is 13.6. The van der Waals surface area contributed by atoms with Gasteiger partial charge in [0.1, 0.15) is 0 Å². The topological polar surface area (TPSA) is 74.7 Å². The van der Waals surface area contributed by atoms with Crippen molar-refractivity contribution in [2.45, 2.75) is 19.4 Å². The largest absolute Gasteiger partial charge is 0.481 e. The van der Waals surface area contributed by atoms with Crippen LogP contribution in [0.4, 0.5) is 0 Å². The molecule has 1 saturated heterocycles. The molecule has 1 heterocycles. The minimum absolute atomic E-state index is 0.0980. The molecule has 0 spiro atoms. The van der Waals surface area contributed by atoms with Crippen LogP contribution in [0.15, 0.2) is 24.3 Å². The molecule has 19 heavy (non-hydrogen) atoms. The number of benzene rings is 1. The first-order valence-electron chi connectivity index (χ1n) is 6.21. The number of fused-ring (bicyclic) bond motifs is 1. The van der Waals surface area contributed by atoms with Crippen LogP contribution in [-0.2, 0) is 27.3 Å². The van der Waals surface area contributed by atoms with E-state index in [1.165, 1.54) is 4.90 Å². The van der Waals surface area contributed by atoms with Gasteiger partial charge in [-0.15, -0.1) is 0 Å². The number of imide groups is 1. The van der Waals surface area contributed by atoms with E-state index in [2.05, 4.69) is 0 Å². The van der Waals surface area contributed by atoms with Crippen LogP contribution in [0.1, 0.15) is 17.5 Å². The Morgan fingerprint density at radius 2 is 1.74 bits per heavy atom. The number of piperidine rings is 1. The minimum Gasteiger partial charge on any atom is -0.481 e. The number of aliphatic carboxylic acids is 1. The van der Waals surface area contributed by atoms with Crippen LogP contribution in [0, 0.1) is 11.8 Å². The molecular formula is C14H13NO4. The number of hydrogen-bond donors (Lipinski definition) is 1. The molecule has 5 heteroatoms. The second-order valence-corrected chi connectivity index (χ2v) is 5.05. The lowest BCUT2D eigenvalue weighted by atomic mass is 10.0. The molecule has 5 nitrogen and oxygen atoms in total. The lowest BCUT2D eigenvalue weighted by Crippen LogP contribution is -2.32. The quantitative estimate of drug-likeness (QED) is 0.812. The van der Waals surface area contributed by atoms with E-state index in [4.69, 9.17) is 5.11 Å². The molecule has 2 unspecified atom stereocenters. The van der Waals surface area contributed by atoms with E-state index in [1.54, 1.807) is 24.3 Å². The first kappa shape index (κ1) is 11.9. The summed E-state index contributed by atoms with van der Waals surface area (Å²) in [6.45, 7) is 0.189. The maximum Gasteiger partial charge on any atom is 0.307 e. The smallest absolute Gasteiger partial charge is 0.307 e. The summed E-state index contributed by atoms with van der Waals surface area (Å²) in [6.07, 6.45) is 0.587. The van der Waals surface area contributed by atoms with Crippen molar-refractivity contribution in [1.29, 1.82) is 0 Å². The van der Waals surface area contributed by atoms with Crippen LogP contribution >= 0.6 is 0 Å². The van der Waals surface area contributed by atoms with Gasteiger partial charge in [-0.25, -0.2) is 0 Å². The van der Waals surface area contributed by atoms with Crippen molar-refractivity contribution in [2.24, 2.45) is 11.8 Å². The van der Waals surface area contributed by atoms with Crippen LogP contribution in [0.5, 0.6) is 0 Å². The molecular weight excluding hydrogens is 246 g/mol. The second-order valence-electron chi connectivity index (χ2n) is 5.05. The Labute approximate surface area is 109 Å². The number of nitrogens with zero attached hydrogens (tertiary/aromatic N) is 1. The van der Waals surface area contributed by atoms with E-state index in [9.17, 15) is 14.4 Å². The highest BCUT2D eigenvalue weighted by atomic mass is 16.4. The van der Waals surface area contributed by atoms with Gasteiger partial charge in [0.25, 0.3) is 0 Å². The van der Waals surface area contributed by atoms with Crippen LogP contribution in [-0.4, -0.2) is 27.8 Å². The van der Waals surface area contributed by atoms with Gasteiger partial charge < -0.3 is 5.11 Å². The van der Waals surface area contributed by atoms with Crippen molar-refractivity contribution in [3.05, 3.63) is 35.4 Å². The van der Waals surface area contributed by atoms with E-state index in [0.717, 1.165) is 5.56 Å². The van der Waals surface area contributed by atoms with Crippen molar-refractivity contribution >= 4 is 17.8 Å². The molecule has 3 rings (SSSR count). The minimum atomic E-state index is -0.922. The monoisotopic (exact) mass is 259 g/mol. The molecule has 2 aliphatic rings. The number of amides is 2. The third kappa shape index (κ3) is 2.01. The summed E-state index contributed by atoms with van der Waals surface area (Å²) in [7, 11) is 0. The van der Waals surface area contributed by atoms with Gasteiger partial charge in [-0.1, -0.05) is 24.3 Å². The molecule has 1 aromatic rings. The Morgan fingerprint density at radius 1 is 1.16 bits per heavy atom. The van der Waals surface area contributed by atoms with Gasteiger partial charge in [-0.3, -0.25) is 19.3 Å². The molecule has 2 fully saturated rings. The van der Waals surface area contributed by atoms with Gasteiger partial charge >= 0.3 is 5.97 Å². The molecule has 1 aliphatic heterocycles. The Balaban J connectivity index is 1.82. The van der Waals surface area contributed by atoms with Crippen molar-refractivity contribution in [3.63, 3.8) is 0 Å². The number of rotatable bonds is 4. The highest BCUT2D eigenvalue weighted by molar-refractivity contribution is 6.08. The fourth-order valence-corrected chi connectivity index (χ4v) is 2.62. The summed E-state index contributed by atoms with van der Waals surface area (Å²) in [5.41, 5.74) is 1.38. The lowest BCUT2D eigenvalue weighted by Gasteiger charge is -2.18. The number of carbonyl (C=O) groups is 3. The maximum absolute atomic E-state index is 11.9. The molecule has 2 atom stereocenters. The van der Waals surface area contributed by atoms with Crippen LogP contribution in [0.3, 0.4) is 0 Å². The summed E-state index contributed by atoms with van der Waals surface area (Å²) >= 11 is 0. The summed E-state index contributed by atoms with van der Waals surface area (Å²) in [6, 6.07) is 7.03. The predicted molar refractivity (Wildman–Crippen MR) is 64.9 cm³/mol.